The van der Waals surface area contributed by atoms with E-state index in [1.807, 2.05) is 13.8 Å². The zero-order chi connectivity index (χ0) is 10.8. The molecule has 0 rings (SSSR count). The molecular weight excluding hydrogens is 208 g/mol. The van der Waals surface area contributed by atoms with Crippen LogP contribution in [0.4, 0.5) is 0 Å². The van der Waals surface area contributed by atoms with Gasteiger partial charge in [0.25, 0.3) is 0 Å². The summed E-state index contributed by atoms with van der Waals surface area (Å²) in [6.07, 6.45) is 3.39. The second kappa shape index (κ2) is 12.1. The molecule has 0 spiro atoms. The lowest BCUT2D eigenvalue weighted by molar-refractivity contribution is 0.200. The van der Waals surface area contributed by atoms with Crippen LogP contribution in [0.15, 0.2) is 0 Å². The first-order valence-corrected chi connectivity index (χ1v) is 7.34. The average Bonchev–Trinajstić information content (AvgIpc) is 2.19. The van der Waals surface area contributed by atoms with E-state index in [1.165, 1.54) is 0 Å². The van der Waals surface area contributed by atoms with Gasteiger partial charge in [-0.3, -0.25) is 0 Å². The van der Waals surface area contributed by atoms with E-state index in [1.54, 1.807) is 0 Å². The van der Waals surface area contributed by atoms with Gasteiger partial charge in [-0.2, -0.15) is 0 Å². The molecule has 0 bridgehead atoms. The van der Waals surface area contributed by atoms with Gasteiger partial charge in [0.2, 0.25) is 0 Å². The Bertz CT molecular complexity index is 122. The Morgan fingerprint density at radius 1 is 1.13 bits per heavy atom. The maximum absolute atomic E-state index is 5.71. The van der Waals surface area contributed by atoms with Crippen LogP contribution in [0.3, 0.4) is 0 Å². The fourth-order valence-electron chi connectivity index (χ4n) is 1.56. The lowest BCUT2D eigenvalue weighted by Gasteiger charge is -2.23. The molecule has 5 heteroatoms. The van der Waals surface area contributed by atoms with Crippen LogP contribution in [0.5, 0.6) is 0 Å². The van der Waals surface area contributed by atoms with Crippen molar-refractivity contribution in [2.45, 2.75) is 45.6 Å². The van der Waals surface area contributed by atoms with Gasteiger partial charge in [-0.15, -0.1) is 0 Å². The lowest BCUT2D eigenvalue weighted by atomic mass is 10.2. The summed E-state index contributed by atoms with van der Waals surface area (Å²) in [4.78, 5) is 0. The van der Waals surface area contributed by atoms with Crippen molar-refractivity contribution in [3.05, 3.63) is 0 Å². The SMILES string of the molecule is CCO[SiH](OCC)C(CC)CCCN.N. The molecular formula is C10H28N2O2Si. The maximum atomic E-state index is 5.71. The molecule has 0 fully saturated rings. The Morgan fingerprint density at radius 2 is 1.67 bits per heavy atom. The van der Waals surface area contributed by atoms with Crippen molar-refractivity contribution in [2.75, 3.05) is 19.8 Å². The van der Waals surface area contributed by atoms with Crippen LogP contribution >= 0.6 is 0 Å². The van der Waals surface area contributed by atoms with Crippen molar-refractivity contribution in [1.29, 1.82) is 0 Å². The summed E-state index contributed by atoms with van der Waals surface area (Å²) < 4.78 is 11.4. The highest BCUT2D eigenvalue weighted by Gasteiger charge is 2.23. The van der Waals surface area contributed by atoms with Crippen molar-refractivity contribution in [3.8, 4) is 0 Å². The third-order valence-corrected chi connectivity index (χ3v) is 5.25. The molecule has 5 N–H and O–H groups in total. The van der Waals surface area contributed by atoms with Crippen molar-refractivity contribution >= 4 is 9.28 Å². The Morgan fingerprint density at radius 3 is 2.00 bits per heavy atom. The molecule has 0 heterocycles. The molecule has 0 aromatic heterocycles. The zero-order valence-corrected chi connectivity index (χ0v) is 11.7. The monoisotopic (exact) mass is 236 g/mol. The zero-order valence-electron chi connectivity index (χ0n) is 10.5. The summed E-state index contributed by atoms with van der Waals surface area (Å²) >= 11 is 0. The van der Waals surface area contributed by atoms with Crippen LogP contribution in [0.25, 0.3) is 0 Å². The third-order valence-electron chi connectivity index (χ3n) is 2.35. The number of nitrogens with two attached hydrogens (primary N) is 1. The minimum Gasteiger partial charge on any atom is -0.397 e. The molecule has 0 radical (unpaired) electrons. The summed E-state index contributed by atoms with van der Waals surface area (Å²) in [7, 11) is -1.44. The third kappa shape index (κ3) is 7.93. The standard InChI is InChI=1S/C10H25NO2Si.H3N/c1-4-10(8-7-9-11)14(12-5-2)13-6-3;/h10,14H,4-9,11H2,1-3H3;1H3. The maximum Gasteiger partial charge on any atom is 0.324 e. The van der Waals surface area contributed by atoms with Crippen LogP contribution in [0.1, 0.15) is 40.0 Å². The Labute approximate surface area is 96.0 Å². The van der Waals surface area contributed by atoms with Gasteiger partial charge >= 0.3 is 9.28 Å². The second-order valence-corrected chi connectivity index (χ2v) is 5.72. The van der Waals surface area contributed by atoms with Gasteiger partial charge < -0.3 is 20.7 Å². The molecule has 0 saturated heterocycles. The lowest BCUT2D eigenvalue weighted by Crippen LogP contribution is -2.29. The normalized spacial score (nSPS) is 12.6. The highest BCUT2D eigenvalue weighted by Crippen LogP contribution is 2.22. The van der Waals surface area contributed by atoms with Crippen molar-refractivity contribution in [1.82, 2.24) is 6.15 Å². The Balaban J connectivity index is 0. The van der Waals surface area contributed by atoms with Crippen molar-refractivity contribution in [3.63, 3.8) is 0 Å². The van der Waals surface area contributed by atoms with Crippen LogP contribution in [-0.4, -0.2) is 29.0 Å². The molecule has 0 aromatic carbocycles. The van der Waals surface area contributed by atoms with E-state index in [-0.39, 0.29) is 6.15 Å². The van der Waals surface area contributed by atoms with Crippen LogP contribution in [0.2, 0.25) is 5.54 Å². The number of rotatable bonds is 9. The molecule has 0 amide bonds. The number of hydrogen-bond acceptors (Lipinski definition) is 4. The molecule has 4 nitrogen and oxygen atoms in total. The summed E-state index contributed by atoms with van der Waals surface area (Å²) in [5.41, 5.74) is 6.14. The van der Waals surface area contributed by atoms with Gasteiger partial charge in [-0.25, -0.2) is 0 Å². The molecule has 0 aliphatic heterocycles. The van der Waals surface area contributed by atoms with E-state index in [0.29, 0.717) is 5.54 Å². The summed E-state index contributed by atoms with van der Waals surface area (Å²) in [5, 5.41) is 0. The average molecular weight is 236 g/mol. The van der Waals surface area contributed by atoms with E-state index in [9.17, 15) is 0 Å². The molecule has 94 valence electrons. The molecule has 0 aliphatic rings. The van der Waals surface area contributed by atoms with E-state index < -0.39 is 9.28 Å². The molecule has 0 saturated carbocycles. The van der Waals surface area contributed by atoms with Crippen molar-refractivity contribution < 1.29 is 8.85 Å². The summed E-state index contributed by atoms with van der Waals surface area (Å²) in [6, 6.07) is 0. The van der Waals surface area contributed by atoms with E-state index in [4.69, 9.17) is 14.6 Å². The van der Waals surface area contributed by atoms with Crippen LogP contribution in [0, 0.1) is 0 Å². The molecule has 15 heavy (non-hydrogen) atoms. The summed E-state index contributed by atoms with van der Waals surface area (Å²) in [5.74, 6) is 0. The number of hydrogen-bond donors (Lipinski definition) is 2. The second-order valence-electron chi connectivity index (χ2n) is 3.38. The van der Waals surface area contributed by atoms with Gasteiger partial charge in [-0.1, -0.05) is 13.3 Å². The molecule has 1 atom stereocenters. The quantitative estimate of drug-likeness (QED) is 0.600. The largest absolute Gasteiger partial charge is 0.397 e. The Hall–Kier alpha value is 0.0569. The first-order valence-electron chi connectivity index (χ1n) is 5.73. The highest BCUT2D eigenvalue weighted by molar-refractivity contribution is 6.46. The predicted molar refractivity (Wildman–Crippen MR) is 67.8 cm³/mol. The molecule has 1 unspecified atom stereocenters. The Kier molecular flexibility index (Phi) is 14.1. The van der Waals surface area contributed by atoms with E-state index >= 15 is 0 Å². The van der Waals surface area contributed by atoms with Crippen molar-refractivity contribution in [2.24, 2.45) is 5.73 Å². The van der Waals surface area contributed by atoms with Gasteiger partial charge in [0.1, 0.15) is 0 Å². The highest BCUT2D eigenvalue weighted by atomic mass is 28.3. The van der Waals surface area contributed by atoms with Gasteiger partial charge in [0.15, 0.2) is 0 Å². The smallest absolute Gasteiger partial charge is 0.324 e. The van der Waals surface area contributed by atoms with Crippen LogP contribution in [-0.2, 0) is 8.85 Å². The molecule has 0 aromatic rings. The van der Waals surface area contributed by atoms with Gasteiger partial charge in [-0.05, 0) is 38.8 Å². The minimum atomic E-state index is -1.44. The van der Waals surface area contributed by atoms with Crippen LogP contribution < -0.4 is 11.9 Å². The van der Waals surface area contributed by atoms with E-state index in [0.717, 1.165) is 39.0 Å². The fourth-order valence-corrected chi connectivity index (χ4v) is 3.75. The first kappa shape index (κ1) is 17.5. The van der Waals surface area contributed by atoms with E-state index in [2.05, 4.69) is 6.92 Å². The first-order chi connectivity index (χ1) is 6.79. The predicted octanol–water partition coefficient (Wildman–Crippen LogP) is 1.96. The topological polar surface area (TPSA) is 79.5 Å². The summed E-state index contributed by atoms with van der Waals surface area (Å²) in [6.45, 7) is 8.60. The van der Waals surface area contributed by atoms with Gasteiger partial charge in [0, 0.05) is 13.2 Å². The minimum absolute atomic E-state index is 0. The molecule has 0 aliphatic carbocycles. The fraction of sp³-hybridized carbons (Fsp3) is 1.00. The van der Waals surface area contributed by atoms with Gasteiger partial charge in [0.05, 0.1) is 0 Å².